The van der Waals surface area contributed by atoms with Gasteiger partial charge in [0.05, 0.1) is 25.8 Å². The lowest BCUT2D eigenvalue weighted by Gasteiger charge is -2.41. The molecule has 2 aromatic carbocycles. The summed E-state index contributed by atoms with van der Waals surface area (Å²) in [4.78, 5) is 29.9. The lowest BCUT2D eigenvalue weighted by atomic mass is 9.70. The summed E-state index contributed by atoms with van der Waals surface area (Å²) in [6.45, 7) is 2.48. The van der Waals surface area contributed by atoms with Gasteiger partial charge in [-0.2, -0.15) is 0 Å². The standard InChI is InChI=1S/C31H37ClN2O5/c1-33-15-6-4-3-5-7-16-34-20-30(14-8-9-22-17-24(32)11-12-25(22)30)21-39-27-13-10-23(18-26(27)34)31(37,19-28(33)35)29(36)38-2/h4,6,10-13,17-18,37H,3,5,7-9,14-16,19-21H2,1-2H3/b6-4+/t30-,31-/m0/s1. The van der Waals surface area contributed by atoms with Crippen LogP contribution in [0.25, 0.3) is 0 Å². The average Bonchev–Trinajstić information content (AvgIpc) is 3.08. The molecule has 1 spiro atoms. The molecule has 3 aliphatic rings. The first-order chi connectivity index (χ1) is 18.8. The minimum Gasteiger partial charge on any atom is -0.490 e. The van der Waals surface area contributed by atoms with E-state index in [4.69, 9.17) is 21.1 Å². The van der Waals surface area contributed by atoms with Crippen LogP contribution in [0.1, 0.15) is 55.2 Å². The molecule has 2 heterocycles. The highest BCUT2D eigenvalue weighted by molar-refractivity contribution is 6.30. The van der Waals surface area contributed by atoms with Crippen molar-refractivity contribution in [2.75, 3.05) is 45.3 Å². The quantitative estimate of drug-likeness (QED) is 0.406. The highest BCUT2D eigenvalue weighted by atomic mass is 35.5. The van der Waals surface area contributed by atoms with Crippen LogP contribution in [0.2, 0.25) is 5.02 Å². The highest BCUT2D eigenvalue weighted by Crippen LogP contribution is 2.45. The van der Waals surface area contributed by atoms with Gasteiger partial charge in [0.2, 0.25) is 5.91 Å². The number of aliphatic hydroxyl groups is 1. The van der Waals surface area contributed by atoms with Crippen molar-refractivity contribution in [3.8, 4) is 5.75 Å². The number of hydrogen-bond donors (Lipinski definition) is 1. The summed E-state index contributed by atoms with van der Waals surface area (Å²) in [6, 6.07) is 11.5. The zero-order chi connectivity index (χ0) is 27.6. The number of benzene rings is 2. The number of halogens is 1. The predicted octanol–water partition coefficient (Wildman–Crippen LogP) is 4.76. The summed E-state index contributed by atoms with van der Waals surface area (Å²) >= 11 is 6.36. The number of esters is 1. The van der Waals surface area contributed by atoms with Gasteiger partial charge in [-0.25, -0.2) is 4.79 Å². The number of anilines is 1. The fourth-order valence-corrected chi connectivity index (χ4v) is 6.43. The van der Waals surface area contributed by atoms with Gasteiger partial charge in [-0.15, -0.1) is 0 Å². The van der Waals surface area contributed by atoms with Crippen LogP contribution in [0.4, 0.5) is 5.69 Å². The van der Waals surface area contributed by atoms with Crippen LogP contribution in [-0.4, -0.2) is 62.3 Å². The van der Waals surface area contributed by atoms with Crippen molar-refractivity contribution >= 4 is 29.2 Å². The van der Waals surface area contributed by atoms with Crippen LogP contribution in [0.5, 0.6) is 5.75 Å². The van der Waals surface area contributed by atoms with Crippen molar-refractivity contribution in [2.24, 2.45) is 0 Å². The van der Waals surface area contributed by atoms with E-state index >= 15 is 0 Å². The van der Waals surface area contributed by atoms with Crippen LogP contribution >= 0.6 is 11.6 Å². The molecule has 8 heteroatoms. The number of methoxy groups -OCH3 is 1. The molecule has 2 aliphatic heterocycles. The maximum absolute atomic E-state index is 13.1. The smallest absolute Gasteiger partial charge is 0.343 e. The van der Waals surface area contributed by atoms with Crippen molar-refractivity contribution in [3.05, 3.63) is 70.3 Å². The molecule has 208 valence electrons. The first-order valence-electron chi connectivity index (χ1n) is 13.8. The topological polar surface area (TPSA) is 79.3 Å². The van der Waals surface area contributed by atoms with E-state index in [1.165, 1.54) is 23.1 Å². The largest absolute Gasteiger partial charge is 0.490 e. The molecule has 0 aromatic heterocycles. The third-order valence-corrected chi connectivity index (χ3v) is 8.70. The number of allylic oxidation sites excluding steroid dienone is 1. The molecule has 7 nitrogen and oxygen atoms in total. The Balaban J connectivity index is 1.59. The van der Waals surface area contributed by atoms with Gasteiger partial charge in [-0.3, -0.25) is 4.79 Å². The number of nitrogens with zero attached hydrogens (tertiary/aromatic N) is 2. The Morgan fingerprint density at radius 1 is 1.13 bits per heavy atom. The fraction of sp³-hybridized carbons (Fsp3) is 0.484. The summed E-state index contributed by atoms with van der Waals surface area (Å²) in [5.41, 5.74) is 1.36. The molecule has 2 atom stereocenters. The van der Waals surface area contributed by atoms with Crippen LogP contribution in [-0.2, 0) is 31.8 Å². The van der Waals surface area contributed by atoms with Crippen molar-refractivity contribution < 1.29 is 24.2 Å². The summed E-state index contributed by atoms with van der Waals surface area (Å²) in [7, 11) is 2.89. The lowest BCUT2D eigenvalue weighted by molar-refractivity contribution is -0.167. The van der Waals surface area contributed by atoms with Gasteiger partial charge in [0, 0.05) is 37.1 Å². The molecule has 1 amide bonds. The molecule has 5 rings (SSSR count). The van der Waals surface area contributed by atoms with E-state index < -0.39 is 18.0 Å². The van der Waals surface area contributed by atoms with Gasteiger partial charge in [0.1, 0.15) is 5.75 Å². The Bertz CT molecular complexity index is 1280. The zero-order valence-corrected chi connectivity index (χ0v) is 23.5. The number of fused-ring (bicyclic) bond motifs is 3. The Morgan fingerprint density at radius 2 is 1.97 bits per heavy atom. The van der Waals surface area contributed by atoms with Gasteiger partial charge in [0.25, 0.3) is 0 Å². The van der Waals surface area contributed by atoms with Crippen molar-refractivity contribution in [2.45, 2.75) is 56.0 Å². The molecule has 39 heavy (non-hydrogen) atoms. The van der Waals surface area contributed by atoms with E-state index in [1.807, 2.05) is 24.3 Å². The molecule has 0 radical (unpaired) electrons. The number of ether oxygens (including phenoxy) is 2. The molecule has 0 unspecified atom stereocenters. The summed E-state index contributed by atoms with van der Waals surface area (Å²) in [6.07, 6.45) is 9.57. The van der Waals surface area contributed by atoms with Crippen molar-refractivity contribution in [3.63, 3.8) is 0 Å². The molecule has 1 aliphatic carbocycles. The van der Waals surface area contributed by atoms with E-state index in [2.05, 4.69) is 23.1 Å². The Labute approximate surface area is 235 Å². The summed E-state index contributed by atoms with van der Waals surface area (Å²) in [5.74, 6) is -0.502. The molecule has 0 saturated heterocycles. The minimum atomic E-state index is -2.12. The van der Waals surface area contributed by atoms with Gasteiger partial charge in [0.15, 0.2) is 5.60 Å². The number of carbonyl (C=O) groups excluding carboxylic acids is 2. The normalized spacial score (nSPS) is 26.5. The van der Waals surface area contributed by atoms with Crippen LogP contribution in [0, 0.1) is 0 Å². The molecule has 0 fully saturated rings. The molecular weight excluding hydrogens is 516 g/mol. The van der Waals surface area contributed by atoms with E-state index in [0.29, 0.717) is 24.5 Å². The predicted molar refractivity (Wildman–Crippen MR) is 151 cm³/mol. The number of carbonyl (C=O) groups is 2. The van der Waals surface area contributed by atoms with E-state index in [0.717, 1.165) is 62.3 Å². The molecule has 0 saturated carbocycles. The number of rotatable bonds is 1. The Hall–Kier alpha value is -3.03. The summed E-state index contributed by atoms with van der Waals surface area (Å²) < 4.78 is 11.5. The maximum Gasteiger partial charge on any atom is 0.343 e. The van der Waals surface area contributed by atoms with E-state index in [9.17, 15) is 14.7 Å². The van der Waals surface area contributed by atoms with Gasteiger partial charge >= 0.3 is 5.97 Å². The Morgan fingerprint density at radius 3 is 2.79 bits per heavy atom. The first-order valence-corrected chi connectivity index (χ1v) is 14.1. The molecule has 1 N–H and O–H groups in total. The van der Waals surface area contributed by atoms with Crippen molar-refractivity contribution in [1.82, 2.24) is 4.90 Å². The molecular formula is C31H37ClN2O5. The Kier molecular flexibility index (Phi) is 7.92. The molecule has 2 bridgehead atoms. The second-order valence-electron chi connectivity index (χ2n) is 11.1. The SMILES string of the molecule is COC(=O)[C@]1(O)CC(=O)N(C)C/C=C/CCCCN2C[C@@]3(CCCc4cc(Cl)ccc43)COc3ccc1cc32. The highest BCUT2D eigenvalue weighted by Gasteiger charge is 2.45. The van der Waals surface area contributed by atoms with E-state index in [1.54, 1.807) is 13.1 Å². The van der Waals surface area contributed by atoms with E-state index in [-0.39, 0.29) is 11.3 Å². The number of aryl methyl sites for hydroxylation is 1. The van der Waals surface area contributed by atoms with Gasteiger partial charge < -0.3 is 24.4 Å². The first kappa shape index (κ1) is 27.5. The van der Waals surface area contributed by atoms with Crippen LogP contribution < -0.4 is 9.64 Å². The van der Waals surface area contributed by atoms with Gasteiger partial charge in [-0.05, 0) is 79.5 Å². The molecule has 2 aromatic rings. The minimum absolute atomic E-state index is 0.211. The van der Waals surface area contributed by atoms with Crippen LogP contribution in [0.15, 0.2) is 48.6 Å². The fourth-order valence-electron chi connectivity index (χ4n) is 6.24. The van der Waals surface area contributed by atoms with Crippen LogP contribution in [0.3, 0.4) is 0 Å². The average molecular weight is 553 g/mol. The van der Waals surface area contributed by atoms with Gasteiger partial charge in [-0.1, -0.05) is 35.9 Å². The summed E-state index contributed by atoms with van der Waals surface area (Å²) in [5, 5.41) is 12.4. The maximum atomic E-state index is 13.1. The third-order valence-electron chi connectivity index (χ3n) is 8.47. The number of likely N-dealkylation sites (N-methyl/N-ethyl adjacent to an activating group) is 1. The zero-order valence-electron chi connectivity index (χ0n) is 22.7. The van der Waals surface area contributed by atoms with Crippen molar-refractivity contribution in [1.29, 1.82) is 0 Å². The third kappa shape index (κ3) is 5.39. The second kappa shape index (κ2) is 11.2. The number of hydrogen-bond acceptors (Lipinski definition) is 6. The monoisotopic (exact) mass is 552 g/mol. The lowest BCUT2D eigenvalue weighted by Crippen LogP contribution is -2.46. The second-order valence-corrected chi connectivity index (χ2v) is 11.5. The number of amides is 1.